The van der Waals surface area contributed by atoms with Gasteiger partial charge in [0.25, 0.3) is 0 Å². The number of phenols is 2. The molecule has 6 atom stereocenters. The largest absolute Gasteiger partial charge is 0.508 e. The van der Waals surface area contributed by atoms with E-state index < -0.39 is 78.5 Å². The maximum absolute atomic E-state index is 12.3. The van der Waals surface area contributed by atoms with Crippen LogP contribution in [0.3, 0.4) is 0 Å². The van der Waals surface area contributed by atoms with E-state index in [0.717, 1.165) is 18.2 Å². The van der Waals surface area contributed by atoms with E-state index in [0.29, 0.717) is 6.42 Å². The Morgan fingerprint density at radius 1 is 1.16 bits per heavy atom. The molecule has 0 bridgehead atoms. The van der Waals surface area contributed by atoms with Crippen molar-refractivity contribution in [1.82, 2.24) is 0 Å². The summed E-state index contributed by atoms with van der Waals surface area (Å²) < 4.78 is 15.6. The smallest absolute Gasteiger partial charge is 0.350 e. The number of esters is 1. The van der Waals surface area contributed by atoms with Crippen molar-refractivity contribution in [3.05, 3.63) is 29.8 Å². The van der Waals surface area contributed by atoms with Gasteiger partial charge in [0, 0.05) is 18.1 Å². The molecule has 1 aromatic rings. The molecule has 32 heavy (non-hydrogen) atoms. The van der Waals surface area contributed by atoms with Crippen LogP contribution >= 0.6 is 0 Å². The van der Waals surface area contributed by atoms with Gasteiger partial charge in [-0.3, -0.25) is 4.79 Å². The lowest BCUT2D eigenvalue weighted by atomic mass is 9.90. The summed E-state index contributed by atoms with van der Waals surface area (Å²) in [5.41, 5.74) is -2.60. The highest BCUT2D eigenvalue weighted by atomic mass is 16.7. The Bertz CT molecular complexity index is 897. The highest BCUT2D eigenvalue weighted by Crippen LogP contribution is 2.37. The third-order valence-corrected chi connectivity index (χ3v) is 5.21. The Hall–Kier alpha value is -2.74. The van der Waals surface area contributed by atoms with Gasteiger partial charge in [-0.05, 0) is 18.6 Å². The van der Waals surface area contributed by atoms with Crippen LogP contribution in [0, 0.1) is 0 Å². The first-order valence-electron chi connectivity index (χ1n) is 9.71. The number of carbonyl (C=O) groups excluding carboxylic acids is 2. The number of hydrogen-bond acceptors (Lipinski definition) is 12. The lowest BCUT2D eigenvalue weighted by molar-refractivity contribution is -0.277. The molecule has 1 fully saturated rings. The summed E-state index contributed by atoms with van der Waals surface area (Å²) in [7, 11) is 0. The quantitative estimate of drug-likeness (QED) is 0.141. The second-order valence-electron chi connectivity index (χ2n) is 7.48. The third kappa shape index (κ3) is 4.55. The second kappa shape index (κ2) is 9.40. The second-order valence-corrected chi connectivity index (χ2v) is 7.48. The van der Waals surface area contributed by atoms with Crippen molar-refractivity contribution in [2.75, 3.05) is 6.61 Å². The Morgan fingerprint density at radius 3 is 2.53 bits per heavy atom. The molecular formula is C20H24O12. The molecule has 7 N–H and O–H groups in total. The number of aliphatic hydroxyl groups is 5. The van der Waals surface area contributed by atoms with E-state index in [9.17, 15) is 45.3 Å². The number of aromatic hydroxyl groups is 2. The number of ether oxygens (including phenoxy) is 3. The van der Waals surface area contributed by atoms with E-state index in [1.54, 1.807) is 0 Å². The molecular weight excluding hydrogens is 432 g/mol. The molecule has 0 saturated carbocycles. The molecule has 1 heterocycles. The van der Waals surface area contributed by atoms with E-state index in [2.05, 4.69) is 0 Å². The van der Waals surface area contributed by atoms with Crippen LogP contribution in [0.25, 0.3) is 0 Å². The number of carbonyl (C=O) groups is 2. The van der Waals surface area contributed by atoms with Crippen LogP contribution in [-0.2, 0) is 25.7 Å². The molecule has 12 nitrogen and oxygen atoms in total. The normalized spacial score (nSPS) is 32.5. The van der Waals surface area contributed by atoms with Crippen LogP contribution in [0.15, 0.2) is 24.3 Å². The first kappa shape index (κ1) is 23.9. The number of benzene rings is 1. The van der Waals surface area contributed by atoms with E-state index >= 15 is 0 Å². The Kier molecular flexibility index (Phi) is 7.03. The zero-order valence-corrected chi connectivity index (χ0v) is 16.7. The molecule has 1 aliphatic carbocycles. The first-order valence-corrected chi connectivity index (χ1v) is 9.71. The van der Waals surface area contributed by atoms with Crippen LogP contribution in [0.1, 0.15) is 18.4 Å². The van der Waals surface area contributed by atoms with Crippen molar-refractivity contribution in [3.63, 3.8) is 0 Å². The van der Waals surface area contributed by atoms with Crippen LogP contribution in [0.5, 0.6) is 17.2 Å². The first-order chi connectivity index (χ1) is 15.1. The number of phenolic OH excluding ortho intramolecular Hbond substituents is 2. The number of ketones is 1. The Morgan fingerprint density at radius 2 is 1.88 bits per heavy atom. The number of rotatable bonds is 6. The molecule has 3 rings (SSSR count). The number of hydrogen-bond donors (Lipinski definition) is 7. The topological polar surface area (TPSA) is 203 Å². The van der Waals surface area contributed by atoms with Crippen molar-refractivity contribution in [1.29, 1.82) is 0 Å². The average molecular weight is 456 g/mol. The molecule has 0 spiro atoms. The van der Waals surface area contributed by atoms with Gasteiger partial charge in [-0.15, -0.1) is 0 Å². The lowest BCUT2D eigenvalue weighted by Crippen LogP contribution is -2.60. The fraction of sp³-hybridized carbons (Fsp3) is 0.500. The van der Waals surface area contributed by atoms with E-state index in [1.165, 1.54) is 6.08 Å². The van der Waals surface area contributed by atoms with Crippen molar-refractivity contribution in [2.24, 2.45) is 0 Å². The van der Waals surface area contributed by atoms with Crippen molar-refractivity contribution >= 4 is 11.8 Å². The van der Waals surface area contributed by atoms with Crippen molar-refractivity contribution in [3.8, 4) is 17.2 Å². The fourth-order valence-corrected chi connectivity index (χ4v) is 3.37. The van der Waals surface area contributed by atoms with Crippen LogP contribution in [0.2, 0.25) is 0 Å². The summed E-state index contributed by atoms with van der Waals surface area (Å²) in [6, 6.07) is 1.93. The lowest BCUT2D eigenvalue weighted by Gasteiger charge is -2.39. The van der Waals surface area contributed by atoms with Gasteiger partial charge in [-0.1, -0.05) is 6.08 Å². The molecule has 0 amide bonds. The number of Topliss-reactive ketones (excluding diaryl/α,β-unsaturated/α-hetero) is 1. The molecule has 0 radical (unpaired) electrons. The summed E-state index contributed by atoms with van der Waals surface area (Å²) in [5, 5.41) is 69.4. The van der Waals surface area contributed by atoms with Gasteiger partial charge < -0.3 is 50.0 Å². The molecule has 1 aromatic carbocycles. The molecule has 1 saturated heterocycles. The van der Waals surface area contributed by atoms with Gasteiger partial charge in [0.15, 0.2) is 17.3 Å². The van der Waals surface area contributed by atoms with Gasteiger partial charge in [-0.2, -0.15) is 0 Å². The van der Waals surface area contributed by atoms with Crippen molar-refractivity contribution in [2.45, 2.75) is 55.8 Å². The van der Waals surface area contributed by atoms with Gasteiger partial charge >= 0.3 is 5.97 Å². The van der Waals surface area contributed by atoms with Gasteiger partial charge in [0.2, 0.25) is 11.9 Å². The standard InChI is InChI=1S/C20H24O12/c21-7-12-14(25)15(26)16(27)18(31-12)32-17-9(5-10(22)6-11(17)23)8-30-19(28)20(29)4-2-1-3-13(20)24/h2,4-6,12,14-16,18,21-23,25-27,29H,1,3,7-8H2. The summed E-state index contributed by atoms with van der Waals surface area (Å²) in [6.07, 6.45) is -5.33. The monoisotopic (exact) mass is 456 g/mol. The van der Waals surface area contributed by atoms with E-state index in [1.807, 2.05) is 0 Å². The van der Waals surface area contributed by atoms with Crippen LogP contribution < -0.4 is 4.74 Å². The number of aliphatic hydroxyl groups excluding tert-OH is 4. The van der Waals surface area contributed by atoms with Crippen molar-refractivity contribution < 1.29 is 59.5 Å². The zero-order chi connectivity index (χ0) is 23.6. The Labute approximate surface area is 181 Å². The van der Waals surface area contributed by atoms with Crippen LogP contribution in [0.4, 0.5) is 0 Å². The summed E-state index contributed by atoms with van der Waals surface area (Å²) >= 11 is 0. The maximum atomic E-state index is 12.3. The molecule has 6 unspecified atom stereocenters. The van der Waals surface area contributed by atoms with E-state index in [4.69, 9.17) is 14.2 Å². The molecule has 0 aromatic heterocycles. The number of allylic oxidation sites excluding steroid dienone is 1. The molecule has 12 heteroatoms. The minimum atomic E-state index is -2.46. The highest BCUT2D eigenvalue weighted by molar-refractivity contribution is 6.09. The summed E-state index contributed by atoms with van der Waals surface area (Å²) in [6.45, 7) is -1.38. The van der Waals surface area contributed by atoms with E-state index in [-0.39, 0.29) is 12.0 Å². The molecule has 2 aliphatic rings. The average Bonchev–Trinajstić information content (AvgIpc) is 2.76. The SMILES string of the molecule is O=C1CCC=CC1(O)C(=O)OCc1cc(O)cc(O)c1OC1OC(CO)C(O)C(O)C1O. The molecule has 176 valence electrons. The summed E-state index contributed by atoms with van der Waals surface area (Å²) in [5.74, 6) is -3.54. The van der Waals surface area contributed by atoms with Gasteiger partial charge in [0.05, 0.1) is 6.61 Å². The van der Waals surface area contributed by atoms with Crippen LogP contribution in [-0.4, -0.2) is 90.4 Å². The molecule has 1 aliphatic heterocycles. The third-order valence-electron chi connectivity index (χ3n) is 5.21. The predicted molar refractivity (Wildman–Crippen MR) is 102 cm³/mol. The predicted octanol–water partition coefficient (Wildman–Crippen LogP) is -2.03. The minimum Gasteiger partial charge on any atom is -0.508 e. The van der Waals surface area contributed by atoms with Gasteiger partial charge in [-0.25, -0.2) is 4.79 Å². The summed E-state index contributed by atoms with van der Waals surface area (Å²) in [4.78, 5) is 24.3. The minimum absolute atomic E-state index is 0.0551. The fourth-order valence-electron chi connectivity index (χ4n) is 3.37. The zero-order valence-electron chi connectivity index (χ0n) is 16.7. The van der Waals surface area contributed by atoms with Gasteiger partial charge in [0.1, 0.15) is 36.8 Å². The highest BCUT2D eigenvalue weighted by Gasteiger charge is 2.46. The maximum Gasteiger partial charge on any atom is 0.350 e. The Balaban J connectivity index is 1.81.